The summed E-state index contributed by atoms with van der Waals surface area (Å²) >= 11 is 6.70. The van der Waals surface area contributed by atoms with E-state index in [1.165, 1.54) is 0 Å². The van der Waals surface area contributed by atoms with Crippen LogP contribution in [0.2, 0.25) is 5.02 Å². The number of hydrogen-bond donors (Lipinski definition) is 5. The number of nitrogens with one attached hydrogen (secondary N) is 5. The number of benzene rings is 3. The fraction of sp³-hybridized carbons (Fsp3) is 0.111. The van der Waals surface area contributed by atoms with Crippen LogP contribution in [0.3, 0.4) is 0 Å². The first-order valence-electron chi connectivity index (χ1n) is 11.3. The van der Waals surface area contributed by atoms with E-state index >= 15 is 0 Å². The molecular weight excluding hydrogens is 458 g/mol. The van der Waals surface area contributed by atoms with Gasteiger partial charge in [0.15, 0.2) is 0 Å². The van der Waals surface area contributed by atoms with Crippen LogP contribution in [-0.2, 0) is 0 Å². The van der Waals surface area contributed by atoms with Gasteiger partial charge in [-0.3, -0.25) is 4.98 Å². The molecule has 174 valence electrons. The number of fused-ring (bicyclic) bond motifs is 1. The van der Waals surface area contributed by atoms with Crippen LogP contribution in [0.25, 0.3) is 10.9 Å². The van der Waals surface area contributed by atoms with Crippen LogP contribution in [0.5, 0.6) is 0 Å². The normalized spacial score (nSPS) is 14.3. The molecule has 1 aliphatic rings. The van der Waals surface area contributed by atoms with Gasteiger partial charge in [-0.25, -0.2) is 0 Å². The zero-order chi connectivity index (χ0) is 24.2. The Morgan fingerprint density at radius 3 is 2.34 bits per heavy atom. The monoisotopic (exact) mass is 481 g/mol. The van der Waals surface area contributed by atoms with Crippen molar-refractivity contribution in [2.75, 3.05) is 10.6 Å². The van der Waals surface area contributed by atoms with E-state index in [0.717, 1.165) is 27.9 Å². The molecule has 0 unspecified atom stereocenters. The van der Waals surface area contributed by atoms with Crippen molar-refractivity contribution in [1.82, 2.24) is 21.4 Å². The molecule has 0 bridgehead atoms. The summed E-state index contributed by atoms with van der Waals surface area (Å²) < 4.78 is 0. The molecule has 8 heteroatoms. The Morgan fingerprint density at radius 1 is 0.971 bits per heavy atom. The fourth-order valence-corrected chi connectivity index (χ4v) is 4.46. The first kappa shape index (κ1) is 22.5. The molecule has 0 aliphatic carbocycles. The molecule has 0 spiro atoms. The van der Waals surface area contributed by atoms with Crippen LogP contribution in [0, 0.1) is 11.3 Å². The number of pyridine rings is 1. The number of hydrazine groups is 2. The predicted molar refractivity (Wildman–Crippen MR) is 140 cm³/mol. The Kier molecular flexibility index (Phi) is 6.40. The molecule has 1 aromatic heterocycles. The molecule has 7 nitrogen and oxygen atoms in total. The maximum absolute atomic E-state index is 9.83. The van der Waals surface area contributed by atoms with Gasteiger partial charge in [-0.1, -0.05) is 72.3 Å². The lowest BCUT2D eigenvalue weighted by Crippen LogP contribution is -2.33. The molecule has 0 fully saturated rings. The number of hydrogen-bond acceptors (Lipinski definition) is 7. The second-order valence-corrected chi connectivity index (χ2v) is 8.68. The zero-order valence-corrected chi connectivity index (χ0v) is 19.8. The Morgan fingerprint density at radius 2 is 1.69 bits per heavy atom. The molecule has 5 rings (SSSR count). The number of halogens is 1. The van der Waals surface area contributed by atoms with Crippen molar-refractivity contribution in [2.45, 2.75) is 19.0 Å². The minimum absolute atomic E-state index is 0.0219. The highest BCUT2D eigenvalue weighted by atomic mass is 35.5. The minimum Gasteiger partial charge on any atom is -0.377 e. The smallest absolute Gasteiger partial charge is 0.103 e. The first-order valence-corrected chi connectivity index (χ1v) is 11.6. The molecule has 0 saturated carbocycles. The van der Waals surface area contributed by atoms with Gasteiger partial charge in [0.05, 0.1) is 33.5 Å². The quantitative estimate of drug-likeness (QED) is 0.236. The molecule has 35 heavy (non-hydrogen) atoms. The lowest BCUT2D eigenvalue weighted by atomic mass is 10.0. The van der Waals surface area contributed by atoms with Crippen LogP contribution in [-0.4, -0.2) is 4.98 Å². The number of nitriles is 1. The molecule has 4 aromatic rings. The van der Waals surface area contributed by atoms with Gasteiger partial charge >= 0.3 is 0 Å². The van der Waals surface area contributed by atoms with Crippen molar-refractivity contribution in [3.63, 3.8) is 0 Å². The van der Waals surface area contributed by atoms with Crippen LogP contribution in [0.4, 0.5) is 11.4 Å². The second-order valence-electron chi connectivity index (χ2n) is 8.27. The van der Waals surface area contributed by atoms with E-state index in [2.05, 4.69) is 69.3 Å². The lowest BCUT2D eigenvalue weighted by Gasteiger charge is -2.23. The summed E-state index contributed by atoms with van der Waals surface area (Å²) in [5.41, 5.74) is 14.7. The topological polar surface area (TPSA) is 96.8 Å². The summed E-state index contributed by atoms with van der Waals surface area (Å²) in [5, 5.41) is 18.2. The van der Waals surface area contributed by atoms with Crippen molar-refractivity contribution in [2.24, 2.45) is 0 Å². The fourth-order valence-electron chi connectivity index (χ4n) is 4.19. The van der Waals surface area contributed by atoms with E-state index in [0.29, 0.717) is 21.8 Å². The largest absolute Gasteiger partial charge is 0.377 e. The number of nitrogens with zero attached hydrogens (tertiary/aromatic N) is 2. The van der Waals surface area contributed by atoms with Crippen LogP contribution in [0.1, 0.15) is 35.7 Å². The van der Waals surface area contributed by atoms with Gasteiger partial charge < -0.3 is 21.5 Å². The average Bonchev–Trinajstić information content (AvgIpc) is 3.43. The van der Waals surface area contributed by atoms with Crippen molar-refractivity contribution in [3.05, 3.63) is 113 Å². The molecule has 0 saturated heterocycles. The molecular formula is C27H24ClN7. The Labute approximate surface area is 208 Å². The number of aromatic nitrogens is 1. The Balaban J connectivity index is 1.57. The summed E-state index contributed by atoms with van der Waals surface area (Å²) in [6.07, 6.45) is 3.44. The van der Waals surface area contributed by atoms with Crippen molar-refractivity contribution in [3.8, 4) is 6.07 Å². The summed E-state index contributed by atoms with van der Waals surface area (Å²) in [4.78, 5) is 4.48. The third-order valence-electron chi connectivity index (χ3n) is 5.97. The summed E-state index contributed by atoms with van der Waals surface area (Å²) in [7, 11) is 0. The van der Waals surface area contributed by atoms with E-state index in [1.54, 1.807) is 6.20 Å². The maximum Gasteiger partial charge on any atom is 0.103 e. The summed E-state index contributed by atoms with van der Waals surface area (Å²) in [5.74, 6) is 0. The summed E-state index contributed by atoms with van der Waals surface area (Å²) in [6.45, 7) is 2.07. The molecule has 0 amide bonds. The molecule has 5 N–H and O–H groups in total. The third-order valence-corrected chi connectivity index (χ3v) is 6.26. The Bertz CT molecular complexity index is 1410. The van der Waals surface area contributed by atoms with E-state index in [-0.39, 0.29) is 12.1 Å². The van der Waals surface area contributed by atoms with E-state index in [1.807, 2.05) is 54.7 Å². The predicted octanol–water partition coefficient (Wildman–Crippen LogP) is 5.54. The summed E-state index contributed by atoms with van der Waals surface area (Å²) in [6, 6.07) is 26.1. The highest BCUT2D eigenvalue weighted by molar-refractivity contribution is 6.35. The standard InChI is InChI=1S/C27H24ClN7/c1-17(18-8-4-2-5-9-18)32-25-20(14-29)15-30-27-22(25)12-21(13-23(27)28)33-26(24-16-31-35-34-24)19-10-6-3-7-11-19/h2-13,15-17,26,31,33-35H,1H3,(H,30,32)/t17-,26+/m1/s1. The second kappa shape index (κ2) is 9.94. The number of anilines is 2. The van der Waals surface area contributed by atoms with Crippen LogP contribution < -0.4 is 27.0 Å². The zero-order valence-electron chi connectivity index (χ0n) is 19.0. The van der Waals surface area contributed by atoms with Gasteiger partial charge in [-0.15, -0.1) is 0 Å². The van der Waals surface area contributed by atoms with Gasteiger partial charge in [0.1, 0.15) is 6.07 Å². The van der Waals surface area contributed by atoms with Gasteiger partial charge in [-0.05, 0) is 30.2 Å². The van der Waals surface area contributed by atoms with Gasteiger partial charge in [0, 0.05) is 29.5 Å². The van der Waals surface area contributed by atoms with Gasteiger partial charge in [0.25, 0.3) is 0 Å². The van der Waals surface area contributed by atoms with Crippen molar-refractivity contribution in [1.29, 1.82) is 5.26 Å². The molecule has 0 radical (unpaired) electrons. The van der Waals surface area contributed by atoms with Crippen molar-refractivity contribution < 1.29 is 0 Å². The molecule has 3 aromatic carbocycles. The van der Waals surface area contributed by atoms with E-state index in [9.17, 15) is 5.26 Å². The third kappa shape index (κ3) is 4.71. The Hall–Kier alpha value is -4.25. The highest BCUT2D eigenvalue weighted by Gasteiger charge is 2.21. The molecule has 1 aliphatic heterocycles. The molecule has 2 atom stereocenters. The number of rotatable bonds is 7. The first-order chi connectivity index (χ1) is 17.1. The molecule has 2 heterocycles. The van der Waals surface area contributed by atoms with Crippen LogP contribution in [0.15, 0.2) is 90.9 Å². The maximum atomic E-state index is 9.83. The minimum atomic E-state index is -0.168. The van der Waals surface area contributed by atoms with E-state index in [4.69, 9.17) is 11.6 Å². The van der Waals surface area contributed by atoms with Gasteiger partial charge in [-0.2, -0.15) is 10.8 Å². The average molecular weight is 482 g/mol. The highest BCUT2D eigenvalue weighted by Crippen LogP contribution is 2.36. The SMILES string of the molecule is C[C@@H](Nc1c(C#N)cnc2c(Cl)cc(N[C@H](C3=CNNN3)c3ccccc3)cc12)c1ccccc1. The van der Waals surface area contributed by atoms with Gasteiger partial charge in [0.2, 0.25) is 0 Å². The van der Waals surface area contributed by atoms with Crippen molar-refractivity contribution >= 4 is 33.9 Å². The van der Waals surface area contributed by atoms with E-state index < -0.39 is 0 Å². The lowest BCUT2D eigenvalue weighted by molar-refractivity contribution is 0.583. The van der Waals surface area contributed by atoms with Crippen LogP contribution >= 0.6 is 11.6 Å².